The summed E-state index contributed by atoms with van der Waals surface area (Å²) in [7, 11) is 0. The number of carbonyl (C=O) groups excluding carboxylic acids is 1. The number of nitrogens with zero attached hydrogens (tertiary/aromatic N) is 1. The Morgan fingerprint density at radius 3 is 2.83 bits per heavy atom. The highest BCUT2D eigenvalue weighted by Crippen LogP contribution is 2.20. The molecule has 1 aliphatic rings. The first kappa shape index (κ1) is 9.48. The Balaban J connectivity index is 2.57. The Kier molecular flexibility index (Phi) is 2.69. The second-order valence-corrected chi connectivity index (χ2v) is 3.43. The Morgan fingerprint density at radius 2 is 2.33 bits per heavy atom. The summed E-state index contributed by atoms with van der Waals surface area (Å²) >= 11 is 0. The van der Waals surface area contributed by atoms with E-state index in [9.17, 15) is 9.90 Å². The van der Waals surface area contributed by atoms with Crippen LogP contribution in [0.2, 0.25) is 0 Å². The zero-order valence-corrected chi connectivity index (χ0v) is 7.29. The molecular formula is C8H15NO3. The van der Waals surface area contributed by atoms with Crippen molar-refractivity contribution in [1.82, 2.24) is 4.90 Å². The minimum absolute atomic E-state index is 0.0402. The first-order valence-electron chi connectivity index (χ1n) is 4.16. The van der Waals surface area contributed by atoms with Crippen molar-refractivity contribution >= 4 is 5.91 Å². The SMILES string of the molecule is CC(=O)N1CCCC(O)(CO)C1. The van der Waals surface area contributed by atoms with Crippen LogP contribution in [-0.4, -0.2) is 46.3 Å². The Bertz CT molecular complexity index is 183. The van der Waals surface area contributed by atoms with Crippen LogP contribution in [0.25, 0.3) is 0 Å². The highest BCUT2D eigenvalue weighted by atomic mass is 16.3. The molecule has 1 rings (SSSR count). The standard InChI is InChI=1S/C8H15NO3/c1-7(11)9-4-2-3-8(12,5-9)6-10/h10,12H,2-6H2,1H3. The zero-order chi connectivity index (χ0) is 9.19. The number of hydrogen-bond donors (Lipinski definition) is 2. The lowest BCUT2D eigenvalue weighted by atomic mass is 9.94. The molecule has 1 amide bonds. The van der Waals surface area contributed by atoms with Crippen molar-refractivity contribution in [1.29, 1.82) is 0 Å². The lowest BCUT2D eigenvalue weighted by Gasteiger charge is -2.37. The van der Waals surface area contributed by atoms with Gasteiger partial charge in [0.15, 0.2) is 0 Å². The maximum Gasteiger partial charge on any atom is 0.219 e. The molecule has 1 fully saturated rings. The Morgan fingerprint density at radius 1 is 1.67 bits per heavy atom. The van der Waals surface area contributed by atoms with Crippen LogP contribution in [0, 0.1) is 0 Å². The molecule has 4 nitrogen and oxygen atoms in total. The Labute approximate surface area is 71.8 Å². The molecule has 0 spiro atoms. The second-order valence-electron chi connectivity index (χ2n) is 3.43. The molecule has 0 aromatic rings. The van der Waals surface area contributed by atoms with Crippen molar-refractivity contribution in [3.05, 3.63) is 0 Å². The fourth-order valence-corrected chi connectivity index (χ4v) is 1.51. The quantitative estimate of drug-likeness (QED) is 0.554. The summed E-state index contributed by atoms with van der Waals surface area (Å²) in [6.07, 6.45) is 1.34. The van der Waals surface area contributed by atoms with Crippen LogP contribution >= 0.6 is 0 Å². The molecule has 4 heteroatoms. The van der Waals surface area contributed by atoms with Crippen molar-refractivity contribution in [3.8, 4) is 0 Å². The van der Waals surface area contributed by atoms with Gasteiger partial charge < -0.3 is 15.1 Å². The van der Waals surface area contributed by atoms with E-state index in [1.54, 1.807) is 4.90 Å². The van der Waals surface area contributed by atoms with Crippen LogP contribution in [0.5, 0.6) is 0 Å². The fourth-order valence-electron chi connectivity index (χ4n) is 1.51. The average Bonchev–Trinajstić information content (AvgIpc) is 2.05. The van der Waals surface area contributed by atoms with Crippen molar-refractivity contribution in [3.63, 3.8) is 0 Å². The molecule has 2 N–H and O–H groups in total. The van der Waals surface area contributed by atoms with Gasteiger partial charge in [-0.1, -0.05) is 0 Å². The van der Waals surface area contributed by atoms with E-state index in [4.69, 9.17) is 5.11 Å². The fraction of sp³-hybridized carbons (Fsp3) is 0.875. The number of piperidine rings is 1. The third kappa shape index (κ3) is 1.95. The molecule has 0 aromatic carbocycles. The summed E-state index contributed by atoms with van der Waals surface area (Å²) in [4.78, 5) is 12.5. The van der Waals surface area contributed by atoms with Crippen molar-refractivity contribution < 1.29 is 15.0 Å². The smallest absolute Gasteiger partial charge is 0.219 e. The summed E-state index contributed by atoms with van der Waals surface area (Å²) in [6.45, 7) is 2.16. The molecule has 1 atom stereocenters. The Hall–Kier alpha value is -0.610. The maximum absolute atomic E-state index is 10.9. The molecule has 0 aromatic heterocycles. The van der Waals surface area contributed by atoms with Crippen LogP contribution in [0.15, 0.2) is 0 Å². The number of aliphatic hydroxyl groups excluding tert-OH is 1. The van der Waals surface area contributed by atoms with Gasteiger partial charge in [-0.15, -0.1) is 0 Å². The van der Waals surface area contributed by atoms with E-state index in [0.717, 1.165) is 6.42 Å². The largest absolute Gasteiger partial charge is 0.393 e. The van der Waals surface area contributed by atoms with E-state index in [-0.39, 0.29) is 19.1 Å². The minimum atomic E-state index is -1.07. The molecule has 0 saturated carbocycles. The van der Waals surface area contributed by atoms with E-state index >= 15 is 0 Å². The number of rotatable bonds is 1. The summed E-state index contributed by atoms with van der Waals surface area (Å²) in [5.41, 5.74) is -1.07. The predicted molar refractivity (Wildman–Crippen MR) is 43.5 cm³/mol. The number of carbonyl (C=O) groups is 1. The van der Waals surface area contributed by atoms with Crippen LogP contribution in [-0.2, 0) is 4.79 Å². The predicted octanol–water partition coefficient (Wildman–Crippen LogP) is -0.648. The lowest BCUT2D eigenvalue weighted by Crippen LogP contribution is -2.51. The highest BCUT2D eigenvalue weighted by molar-refractivity contribution is 5.73. The minimum Gasteiger partial charge on any atom is -0.393 e. The van der Waals surface area contributed by atoms with Gasteiger partial charge in [-0.3, -0.25) is 4.79 Å². The van der Waals surface area contributed by atoms with E-state index in [1.807, 2.05) is 0 Å². The first-order valence-corrected chi connectivity index (χ1v) is 4.16. The van der Waals surface area contributed by atoms with Crippen LogP contribution in [0.1, 0.15) is 19.8 Å². The second kappa shape index (κ2) is 3.41. The molecule has 1 heterocycles. The normalized spacial score (nSPS) is 30.4. The van der Waals surface area contributed by atoms with Gasteiger partial charge in [-0.05, 0) is 12.8 Å². The molecule has 1 saturated heterocycles. The van der Waals surface area contributed by atoms with E-state index in [2.05, 4.69) is 0 Å². The third-order valence-electron chi connectivity index (χ3n) is 2.29. The lowest BCUT2D eigenvalue weighted by molar-refractivity contribution is -0.138. The highest BCUT2D eigenvalue weighted by Gasteiger charge is 2.33. The number of aliphatic hydroxyl groups is 2. The third-order valence-corrected chi connectivity index (χ3v) is 2.29. The van der Waals surface area contributed by atoms with Gasteiger partial charge >= 0.3 is 0 Å². The molecule has 0 bridgehead atoms. The monoisotopic (exact) mass is 173 g/mol. The van der Waals surface area contributed by atoms with Gasteiger partial charge in [0.05, 0.1) is 13.2 Å². The average molecular weight is 173 g/mol. The summed E-state index contributed by atoms with van der Waals surface area (Å²) in [5.74, 6) is -0.0402. The zero-order valence-electron chi connectivity index (χ0n) is 7.29. The molecule has 0 radical (unpaired) electrons. The maximum atomic E-state index is 10.9. The number of amides is 1. The first-order chi connectivity index (χ1) is 5.57. The summed E-state index contributed by atoms with van der Waals surface area (Å²) in [6, 6.07) is 0. The number of β-amino-alcohol motifs (C(OH)–C–C–N with tert-alkyl or cyclic N) is 1. The van der Waals surface area contributed by atoms with Crippen LogP contribution < -0.4 is 0 Å². The molecule has 12 heavy (non-hydrogen) atoms. The van der Waals surface area contributed by atoms with Gasteiger partial charge in [0.1, 0.15) is 5.60 Å². The molecule has 1 unspecified atom stereocenters. The summed E-state index contributed by atoms with van der Waals surface area (Å²) in [5, 5.41) is 18.5. The molecule has 70 valence electrons. The van der Waals surface area contributed by atoms with Gasteiger partial charge in [0, 0.05) is 13.5 Å². The van der Waals surface area contributed by atoms with E-state index in [1.165, 1.54) is 6.92 Å². The number of likely N-dealkylation sites (tertiary alicyclic amines) is 1. The van der Waals surface area contributed by atoms with Gasteiger partial charge in [-0.25, -0.2) is 0 Å². The molecular weight excluding hydrogens is 158 g/mol. The van der Waals surface area contributed by atoms with Crippen LogP contribution in [0.3, 0.4) is 0 Å². The van der Waals surface area contributed by atoms with Crippen LogP contribution in [0.4, 0.5) is 0 Å². The van der Waals surface area contributed by atoms with Gasteiger partial charge in [0.25, 0.3) is 0 Å². The molecule has 1 aliphatic heterocycles. The molecule has 0 aliphatic carbocycles. The van der Waals surface area contributed by atoms with Gasteiger partial charge in [-0.2, -0.15) is 0 Å². The number of hydrogen-bond acceptors (Lipinski definition) is 3. The van der Waals surface area contributed by atoms with Crippen molar-refractivity contribution in [2.75, 3.05) is 19.7 Å². The summed E-state index contributed by atoms with van der Waals surface area (Å²) < 4.78 is 0. The van der Waals surface area contributed by atoms with E-state index in [0.29, 0.717) is 13.0 Å². The van der Waals surface area contributed by atoms with E-state index < -0.39 is 5.60 Å². The topological polar surface area (TPSA) is 60.8 Å². The van der Waals surface area contributed by atoms with Crippen molar-refractivity contribution in [2.24, 2.45) is 0 Å². The van der Waals surface area contributed by atoms with Crippen molar-refractivity contribution in [2.45, 2.75) is 25.4 Å². The van der Waals surface area contributed by atoms with Gasteiger partial charge in [0.2, 0.25) is 5.91 Å².